The van der Waals surface area contributed by atoms with Crippen molar-refractivity contribution in [2.24, 2.45) is 0 Å². The lowest BCUT2D eigenvalue weighted by atomic mass is 10.1. The molecule has 0 aliphatic carbocycles. The van der Waals surface area contributed by atoms with E-state index in [1.807, 2.05) is 18.2 Å². The highest BCUT2D eigenvalue weighted by Crippen LogP contribution is 2.35. The molecule has 0 unspecified atom stereocenters. The number of hydrogen-bond acceptors (Lipinski definition) is 12. The summed E-state index contributed by atoms with van der Waals surface area (Å²) in [5, 5.41) is 1.55. The molecular weight excluding hydrogens is 600 g/mol. The third-order valence-corrected chi connectivity index (χ3v) is 5.80. The Labute approximate surface area is 269 Å². The lowest BCUT2D eigenvalue weighted by Crippen LogP contribution is -2.14. The van der Waals surface area contributed by atoms with Crippen LogP contribution in [0.5, 0.6) is 17.2 Å². The minimum atomic E-state index is -0.460. The molecule has 252 valence electrons. The van der Waals surface area contributed by atoms with Gasteiger partial charge in [0, 0.05) is 27.5 Å². The monoisotopic (exact) mass is 644 g/mol. The van der Waals surface area contributed by atoms with Gasteiger partial charge in [-0.15, -0.1) is 0 Å². The zero-order valence-corrected chi connectivity index (χ0v) is 26.9. The van der Waals surface area contributed by atoms with Gasteiger partial charge in [0.1, 0.15) is 56.9 Å². The molecule has 0 spiro atoms. The second-order valence-corrected chi connectivity index (χ2v) is 9.90. The van der Waals surface area contributed by atoms with E-state index < -0.39 is 17.9 Å². The predicted octanol–water partition coefficient (Wildman–Crippen LogP) is 4.38. The van der Waals surface area contributed by atoms with Crippen LogP contribution in [0.15, 0.2) is 66.8 Å². The van der Waals surface area contributed by atoms with Crippen molar-refractivity contribution in [1.29, 1.82) is 0 Å². The summed E-state index contributed by atoms with van der Waals surface area (Å²) >= 11 is 0. The highest BCUT2D eigenvalue weighted by atomic mass is 16.6. The number of carbonyl (C=O) groups is 3. The summed E-state index contributed by atoms with van der Waals surface area (Å²) in [5.74, 6) is 0.433. The molecule has 12 heteroatoms. The normalized spacial score (nSPS) is 10.6. The van der Waals surface area contributed by atoms with Crippen molar-refractivity contribution in [2.75, 3.05) is 79.3 Å². The fraction of sp³-hybridized carbons (Fsp3) is 0.441. The largest absolute Gasteiger partial charge is 0.491 e. The van der Waals surface area contributed by atoms with Crippen molar-refractivity contribution < 1.29 is 57.0 Å². The van der Waals surface area contributed by atoms with Crippen molar-refractivity contribution in [3.05, 3.63) is 66.8 Å². The topological polar surface area (TPSA) is 134 Å². The molecule has 0 saturated heterocycles. The average Bonchev–Trinajstić information content (AvgIpc) is 3.03. The number of fused-ring (bicyclic) bond motifs is 1. The molecule has 2 aromatic rings. The Morgan fingerprint density at radius 1 is 0.478 bits per heavy atom. The lowest BCUT2D eigenvalue weighted by Gasteiger charge is -2.15. The Kier molecular flexibility index (Phi) is 17.6. The van der Waals surface area contributed by atoms with Gasteiger partial charge < -0.3 is 42.6 Å². The molecule has 0 amide bonds. The highest BCUT2D eigenvalue weighted by Gasteiger charge is 2.11. The minimum Gasteiger partial charge on any atom is -0.491 e. The molecule has 46 heavy (non-hydrogen) atoms. The molecule has 0 bridgehead atoms. The van der Waals surface area contributed by atoms with Gasteiger partial charge in [0.05, 0.1) is 39.6 Å². The van der Waals surface area contributed by atoms with Gasteiger partial charge in [0.15, 0.2) is 0 Å². The molecule has 0 aromatic heterocycles. The van der Waals surface area contributed by atoms with E-state index in [1.165, 1.54) is 0 Å². The van der Waals surface area contributed by atoms with Gasteiger partial charge in [0.2, 0.25) is 0 Å². The molecule has 0 saturated carbocycles. The standard InChI is InChI=1S/C34H44O12/c1-24(2)32(35)44-20-14-38-11-17-41-27-7-8-28-29(23-27)31(43-19-13-40-16-22-46-34(37)26(5)6)10-9-30(28)42-18-12-39-15-21-45-33(36)25(3)4/h7-10,23H,1,3,5,11-22H2,2,4,6H3. The van der Waals surface area contributed by atoms with E-state index >= 15 is 0 Å². The molecule has 0 fully saturated rings. The second-order valence-electron chi connectivity index (χ2n) is 9.90. The van der Waals surface area contributed by atoms with Crippen LogP contribution in [-0.4, -0.2) is 97.2 Å². The summed E-state index contributed by atoms with van der Waals surface area (Å²) in [5.41, 5.74) is 0.990. The zero-order valence-electron chi connectivity index (χ0n) is 26.9. The molecule has 0 atom stereocenters. The molecule has 0 radical (unpaired) electrons. The summed E-state index contributed by atoms with van der Waals surface area (Å²) in [6.07, 6.45) is 0. The van der Waals surface area contributed by atoms with Crippen molar-refractivity contribution >= 4 is 28.7 Å². The van der Waals surface area contributed by atoms with Crippen molar-refractivity contribution in [3.63, 3.8) is 0 Å². The van der Waals surface area contributed by atoms with E-state index in [1.54, 1.807) is 32.9 Å². The predicted molar refractivity (Wildman–Crippen MR) is 170 cm³/mol. The first-order chi connectivity index (χ1) is 22.1. The van der Waals surface area contributed by atoms with Crippen LogP contribution < -0.4 is 14.2 Å². The molecule has 0 aliphatic rings. The Morgan fingerprint density at radius 3 is 1.26 bits per heavy atom. The van der Waals surface area contributed by atoms with E-state index in [4.69, 9.17) is 42.6 Å². The first kappa shape index (κ1) is 37.8. The van der Waals surface area contributed by atoms with Crippen LogP contribution in [0.2, 0.25) is 0 Å². The fourth-order valence-electron chi connectivity index (χ4n) is 3.51. The Morgan fingerprint density at radius 2 is 0.848 bits per heavy atom. The zero-order chi connectivity index (χ0) is 33.7. The number of rotatable bonds is 24. The Bertz CT molecular complexity index is 1330. The summed E-state index contributed by atoms with van der Waals surface area (Å²) in [4.78, 5) is 34.3. The molecule has 0 heterocycles. The third-order valence-electron chi connectivity index (χ3n) is 5.80. The molecule has 2 aromatic carbocycles. The van der Waals surface area contributed by atoms with Gasteiger partial charge in [-0.2, -0.15) is 0 Å². The van der Waals surface area contributed by atoms with Gasteiger partial charge >= 0.3 is 17.9 Å². The first-order valence-corrected chi connectivity index (χ1v) is 14.8. The van der Waals surface area contributed by atoms with Crippen molar-refractivity contribution in [1.82, 2.24) is 0 Å². The Balaban J connectivity index is 1.93. The maximum absolute atomic E-state index is 11.5. The first-order valence-electron chi connectivity index (χ1n) is 14.8. The van der Waals surface area contributed by atoms with Gasteiger partial charge in [0.25, 0.3) is 0 Å². The number of hydrogen-bond donors (Lipinski definition) is 0. The third kappa shape index (κ3) is 14.6. The maximum Gasteiger partial charge on any atom is 0.333 e. The maximum atomic E-state index is 11.5. The van der Waals surface area contributed by atoms with Gasteiger partial charge in [-0.05, 0) is 51.1 Å². The SMILES string of the molecule is C=C(C)C(=O)OCCOCCOc1ccc2c(OCCOCCOC(=O)C(=C)C)ccc(OCCOCCOC(=O)C(=C)C)c2c1. The van der Waals surface area contributed by atoms with Crippen LogP contribution in [0, 0.1) is 0 Å². The van der Waals surface area contributed by atoms with Gasteiger partial charge in [-0.25, -0.2) is 14.4 Å². The van der Waals surface area contributed by atoms with Crippen LogP contribution >= 0.6 is 0 Å². The second kappa shape index (κ2) is 21.4. The van der Waals surface area contributed by atoms with Crippen LogP contribution in [0.3, 0.4) is 0 Å². The van der Waals surface area contributed by atoms with Crippen LogP contribution in [0.25, 0.3) is 10.8 Å². The average molecular weight is 645 g/mol. The summed E-state index contributed by atoms with van der Waals surface area (Å²) < 4.78 is 49.3. The molecule has 2 rings (SSSR count). The lowest BCUT2D eigenvalue weighted by molar-refractivity contribution is -0.141. The van der Waals surface area contributed by atoms with Crippen molar-refractivity contribution in [3.8, 4) is 17.2 Å². The van der Waals surface area contributed by atoms with E-state index in [0.29, 0.717) is 40.6 Å². The molecule has 0 aliphatic heterocycles. The summed E-state index contributed by atoms with van der Waals surface area (Å²) in [6, 6.07) is 9.13. The van der Waals surface area contributed by atoms with Crippen LogP contribution in [-0.2, 0) is 42.8 Å². The quantitative estimate of drug-likeness (QED) is 0.0695. The molecule has 12 nitrogen and oxygen atoms in total. The number of ether oxygens (including phenoxy) is 9. The number of carbonyl (C=O) groups excluding carboxylic acids is 3. The van der Waals surface area contributed by atoms with Crippen LogP contribution in [0.1, 0.15) is 20.8 Å². The number of esters is 3. The van der Waals surface area contributed by atoms with Crippen molar-refractivity contribution in [2.45, 2.75) is 20.8 Å². The molecule has 0 N–H and O–H groups in total. The van der Waals surface area contributed by atoms with Gasteiger partial charge in [-0.3, -0.25) is 0 Å². The van der Waals surface area contributed by atoms with E-state index in [2.05, 4.69) is 19.7 Å². The smallest absolute Gasteiger partial charge is 0.333 e. The molecular formula is C34H44O12. The minimum absolute atomic E-state index is 0.119. The van der Waals surface area contributed by atoms with E-state index in [0.717, 1.165) is 10.8 Å². The van der Waals surface area contributed by atoms with E-state index in [9.17, 15) is 14.4 Å². The van der Waals surface area contributed by atoms with E-state index in [-0.39, 0.29) is 72.7 Å². The van der Waals surface area contributed by atoms with Crippen LogP contribution in [0.4, 0.5) is 0 Å². The summed E-state index contributed by atoms with van der Waals surface area (Å²) in [6.45, 7) is 18.1. The highest BCUT2D eigenvalue weighted by molar-refractivity contribution is 5.94. The summed E-state index contributed by atoms with van der Waals surface area (Å²) in [7, 11) is 0. The van der Waals surface area contributed by atoms with Gasteiger partial charge in [-0.1, -0.05) is 19.7 Å². The fourth-order valence-corrected chi connectivity index (χ4v) is 3.51. The number of benzene rings is 2. The Hall–Kier alpha value is -4.39.